The van der Waals surface area contributed by atoms with Gasteiger partial charge in [-0.25, -0.2) is 0 Å². The number of nitrogens with zero attached hydrogens (tertiary/aromatic N) is 3. The Morgan fingerprint density at radius 1 is 1.21 bits per heavy atom. The Bertz CT molecular complexity index is 567. The van der Waals surface area contributed by atoms with Crippen molar-refractivity contribution in [3.8, 4) is 0 Å². The lowest BCUT2D eigenvalue weighted by molar-refractivity contribution is -0.131. The quantitative estimate of drug-likeness (QED) is 0.652. The standard InChI is InChI=1S/C12H18N4O3/c1-14-7-8-16(12(19)11(14)18)9-10(17)15-5-2-3-13-4-6-15/h7-8,13H,2-6,9H2,1H3. The third-order valence-corrected chi connectivity index (χ3v) is 3.23. The summed E-state index contributed by atoms with van der Waals surface area (Å²) in [5, 5.41) is 3.21. The van der Waals surface area contributed by atoms with Crippen LogP contribution in [-0.2, 0) is 18.4 Å². The van der Waals surface area contributed by atoms with E-state index >= 15 is 0 Å². The van der Waals surface area contributed by atoms with Crippen molar-refractivity contribution in [2.75, 3.05) is 26.2 Å². The molecule has 1 aromatic heterocycles. The maximum atomic E-state index is 12.1. The lowest BCUT2D eigenvalue weighted by atomic mass is 10.3. The van der Waals surface area contributed by atoms with Crippen molar-refractivity contribution in [2.24, 2.45) is 7.05 Å². The summed E-state index contributed by atoms with van der Waals surface area (Å²) in [6.45, 7) is 2.91. The monoisotopic (exact) mass is 266 g/mol. The first kappa shape index (κ1) is 13.5. The van der Waals surface area contributed by atoms with Crippen LogP contribution >= 0.6 is 0 Å². The summed E-state index contributed by atoms with van der Waals surface area (Å²) in [5.74, 6) is -0.126. The van der Waals surface area contributed by atoms with Gasteiger partial charge in [-0.3, -0.25) is 19.0 Å². The van der Waals surface area contributed by atoms with Crippen LogP contribution in [0.4, 0.5) is 0 Å². The molecule has 0 spiro atoms. The molecule has 2 heterocycles. The van der Waals surface area contributed by atoms with Crippen molar-refractivity contribution >= 4 is 5.91 Å². The fraction of sp³-hybridized carbons (Fsp3) is 0.583. The van der Waals surface area contributed by atoms with Crippen molar-refractivity contribution in [3.63, 3.8) is 0 Å². The Morgan fingerprint density at radius 3 is 2.79 bits per heavy atom. The lowest BCUT2D eigenvalue weighted by Crippen LogP contribution is -2.43. The number of rotatable bonds is 2. The van der Waals surface area contributed by atoms with E-state index in [9.17, 15) is 14.4 Å². The predicted octanol–water partition coefficient (Wildman–Crippen LogP) is -1.63. The van der Waals surface area contributed by atoms with E-state index in [1.807, 2.05) is 0 Å². The zero-order chi connectivity index (χ0) is 13.8. The smallest absolute Gasteiger partial charge is 0.316 e. The predicted molar refractivity (Wildman–Crippen MR) is 70.0 cm³/mol. The van der Waals surface area contributed by atoms with Gasteiger partial charge >= 0.3 is 11.1 Å². The first-order valence-electron chi connectivity index (χ1n) is 6.34. The van der Waals surface area contributed by atoms with E-state index in [0.717, 1.165) is 19.5 Å². The summed E-state index contributed by atoms with van der Waals surface area (Å²) in [6, 6.07) is 0. The maximum absolute atomic E-state index is 12.1. The fourth-order valence-electron chi connectivity index (χ4n) is 2.05. The molecule has 104 valence electrons. The number of carbonyl (C=O) groups excluding carboxylic acids is 1. The van der Waals surface area contributed by atoms with Crippen molar-refractivity contribution in [1.29, 1.82) is 0 Å². The molecule has 7 nitrogen and oxygen atoms in total. The molecule has 0 saturated carbocycles. The van der Waals surface area contributed by atoms with E-state index in [2.05, 4.69) is 5.32 Å². The normalized spacial score (nSPS) is 16.2. The maximum Gasteiger partial charge on any atom is 0.316 e. The molecule has 0 atom stereocenters. The number of nitrogens with one attached hydrogen (secondary N) is 1. The summed E-state index contributed by atoms with van der Waals surface area (Å²) in [5.41, 5.74) is -1.28. The summed E-state index contributed by atoms with van der Waals surface area (Å²) >= 11 is 0. The zero-order valence-corrected chi connectivity index (χ0v) is 11.0. The van der Waals surface area contributed by atoms with Crippen LogP contribution in [0.5, 0.6) is 0 Å². The largest absolute Gasteiger partial charge is 0.340 e. The van der Waals surface area contributed by atoms with Crippen molar-refractivity contribution < 1.29 is 4.79 Å². The van der Waals surface area contributed by atoms with Crippen LogP contribution < -0.4 is 16.4 Å². The van der Waals surface area contributed by atoms with Crippen LogP contribution in [0.3, 0.4) is 0 Å². The van der Waals surface area contributed by atoms with Gasteiger partial charge in [-0.2, -0.15) is 0 Å². The zero-order valence-electron chi connectivity index (χ0n) is 11.0. The van der Waals surface area contributed by atoms with Crippen LogP contribution in [0, 0.1) is 0 Å². The molecule has 0 aliphatic carbocycles. The van der Waals surface area contributed by atoms with Crippen LogP contribution in [0.15, 0.2) is 22.0 Å². The molecule has 0 bridgehead atoms. The molecule has 1 amide bonds. The van der Waals surface area contributed by atoms with Gasteiger partial charge in [-0.1, -0.05) is 0 Å². The van der Waals surface area contributed by atoms with Gasteiger partial charge in [0.05, 0.1) is 0 Å². The van der Waals surface area contributed by atoms with Crippen LogP contribution in [-0.4, -0.2) is 46.1 Å². The van der Waals surface area contributed by atoms with Crippen molar-refractivity contribution in [3.05, 3.63) is 33.1 Å². The minimum atomic E-state index is -0.661. The highest BCUT2D eigenvalue weighted by Crippen LogP contribution is 1.97. The van der Waals surface area contributed by atoms with Crippen LogP contribution in [0.1, 0.15) is 6.42 Å². The highest BCUT2D eigenvalue weighted by atomic mass is 16.2. The molecule has 19 heavy (non-hydrogen) atoms. The van der Waals surface area contributed by atoms with E-state index in [4.69, 9.17) is 0 Å². The molecule has 0 aromatic carbocycles. The molecule has 1 saturated heterocycles. The van der Waals surface area contributed by atoms with Gasteiger partial charge in [0.2, 0.25) is 5.91 Å². The molecule has 1 fully saturated rings. The Hall–Kier alpha value is -1.89. The van der Waals surface area contributed by atoms with Gasteiger partial charge in [-0.05, 0) is 13.0 Å². The van der Waals surface area contributed by atoms with Gasteiger partial charge in [0.25, 0.3) is 0 Å². The molecule has 7 heteroatoms. The molecule has 1 aliphatic rings. The van der Waals surface area contributed by atoms with E-state index in [0.29, 0.717) is 13.1 Å². The van der Waals surface area contributed by atoms with Crippen molar-refractivity contribution in [2.45, 2.75) is 13.0 Å². The average molecular weight is 266 g/mol. The Kier molecular flexibility index (Phi) is 4.16. The molecule has 0 radical (unpaired) electrons. The summed E-state index contributed by atoms with van der Waals surface area (Å²) < 4.78 is 2.38. The van der Waals surface area contributed by atoms with Crippen LogP contribution in [0.2, 0.25) is 0 Å². The summed E-state index contributed by atoms with van der Waals surface area (Å²) in [7, 11) is 1.51. The highest BCUT2D eigenvalue weighted by Gasteiger charge is 2.16. The van der Waals surface area contributed by atoms with Gasteiger partial charge in [0.1, 0.15) is 6.54 Å². The average Bonchev–Trinajstić information content (AvgIpc) is 2.68. The summed E-state index contributed by atoms with van der Waals surface area (Å²) in [6.07, 6.45) is 3.86. The molecule has 1 aliphatic heterocycles. The Labute approximate surface area is 110 Å². The lowest BCUT2D eigenvalue weighted by Gasteiger charge is -2.20. The minimum absolute atomic E-state index is 0.0745. The van der Waals surface area contributed by atoms with Gasteiger partial charge in [0.15, 0.2) is 0 Å². The minimum Gasteiger partial charge on any atom is -0.340 e. The number of carbonyl (C=O) groups is 1. The first-order chi connectivity index (χ1) is 9.09. The number of aromatic nitrogens is 2. The molecule has 1 aromatic rings. The molecular formula is C12H18N4O3. The number of amides is 1. The number of hydrogen-bond acceptors (Lipinski definition) is 4. The molecular weight excluding hydrogens is 248 g/mol. The fourth-order valence-corrected chi connectivity index (χ4v) is 2.05. The molecule has 0 unspecified atom stereocenters. The molecule has 2 rings (SSSR count). The Balaban J connectivity index is 2.12. The van der Waals surface area contributed by atoms with E-state index in [-0.39, 0.29) is 12.5 Å². The third kappa shape index (κ3) is 3.11. The van der Waals surface area contributed by atoms with Crippen molar-refractivity contribution in [1.82, 2.24) is 19.4 Å². The topological polar surface area (TPSA) is 76.3 Å². The van der Waals surface area contributed by atoms with E-state index < -0.39 is 11.1 Å². The molecule has 1 N–H and O–H groups in total. The van der Waals surface area contributed by atoms with Gasteiger partial charge in [-0.15, -0.1) is 0 Å². The second kappa shape index (κ2) is 5.83. The van der Waals surface area contributed by atoms with E-state index in [1.54, 1.807) is 4.90 Å². The second-order valence-corrected chi connectivity index (χ2v) is 4.63. The second-order valence-electron chi connectivity index (χ2n) is 4.63. The van der Waals surface area contributed by atoms with E-state index in [1.165, 1.54) is 28.6 Å². The van der Waals surface area contributed by atoms with Gasteiger partial charge < -0.3 is 14.8 Å². The summed E-state index contributed by atoms with van der Waals surface area (Å²) in [4.78, 5) is 37.0. The van der Waals surface area contributed by atoms with Crippen LogP contribution in [0.25, 0.3) is 0 Å². The number of hydrogen-bond donors (Lipinski definition) is 1. The van der Waals surface area contributed by atoms with Gasteiger partial charge in [0, 0.05) is 39.1 Å². The highest BCUT2D eigenvalue weighted by molar-refractivity contribution is 5.76. The SMILES string of the molecule is Cn1ccn(CC(=O)N2CCCNCC2)c(=O)c1=O. The first-order valence-corrected chi connectivity index (χ1v) is 6.34. The third-order valence-electron chi connectivity index (χ3n) is 3.23. The Morgan fingerprint density at radius 2 is 2.00 bits per heavy atom. The number of aryl methyl sites for hydroxylation is 1.